The van der Waals surface area contributed by atoms with E-state index >= 15 is 0 Å². The highest BCUT2D eigenvalue weighted by Gasteiger charge is 2.26. The van der Waals surface area contributed by atoms with Crippen molar-refractivity contribution < 1.29 is 17.6 Å². The minimum atomic E-state index is -4.01. The van der Waals surface area contributed by atoms with Gasteiger partial charge in [0.2, 0.25) is 10.0 Å². The van der Waals surface area contributed by atoms with Crippen LogP contribution in [-0.2, 0) is 10.0 Å². The van der Waals surface area contributed by atoms with Crippen LogP contribution in [0.5, 0.6) is 0 Å². The van der Waals surface area contributed by atoms with Gasteiger partial charge in [0, 0.05) is 17.0 Å². The lowest BCUT2D eigenvalue weighted by Crippen LogP contribution is -2.40. The number of halogens is 1. The van der Waals surface area contributed by atoms with E-state index < -0.39 is 26.3 Å². The highest BCUT2D eigenvalue weighted by atomic mass is 32.2. The predicted molar refractivity (Wildman–Crippen MR) is 75.6 cm³/mol. The fraction of sp³-hybridized carbons (Fsp3) is 0.500. The van der Waals surface area contributed by atoms with E-state index in [1.165, 1.54) is 6.07 Å². The minimum Gasteiger partial charge on any atom is -0.294 e. The van der Waals surface area contributed by atoms with Crippen molar-refractivity contribution in [3.63, 3.8) is 0 Å². The van der Waals surface area contributed by atoms with E-state index in [0.717, 1.165) is 12.1 Å². The topological polar surface area (TPSA) is 63.2 Å². The van der Waals surface area contributed by atoms with E-state index in [-0.39, 0.29) is 17.3 Å². The van der Waals surface area contributed by atoms with E-state index in [1.54, 1.807) is 34.6 Å². The first kappa shape index (κ1) is 16.8. The Morgan fingerprint density at radius 2 is 1.80 bits per heavy atom. The molecule has 0 spiro atoms. The standard InChI is InChI=1S/C14H20FNO3S/c1-9(2)13(17)10-6-7-11(15)12(8-10)20(18,19)16-14(3,4)5/h6-9,16H,1-5H3. The molecule has 6 heteroatoms. The van der Waals surface area contributed by atoms with E-state index in [4.69, 9.17) is 0 Å². The van der Waals surface area contributed by atoms with Gasteiger partial charge in [-0.1, -0.05) is 13.8 Å². The fourth-order valence-corrected chi connectivity index (χ4v) is 3.18. The average molecular weight is 301 g/mol. The highest BCUT2D eigenvalue weighted by Crippen LogP contribution is 2.20. The van der Waals surface area contributed by atoms with Crippen LogP contribution >= 0.6 is 0 Å². The molecule has 0 saturated heterocycles. The molecule has 0 heterocycles. The van der Waals surface area contributed by atoms with Gasteiger partial charge in [0.15, 0.2) is 5.78 Å². The van der Waals surface area contributed by atoms with Gasteiger partial charge in [0.25, 0.3) is 0 Å². The molecule has 0 aliphatic heterocycles. The van der Waals surface area contributed by atoms with Gasteiger partial charge >= 0.3 is 0 Å². The van der Waals surface area contributed by atoms with E-state index in [2.05, 4.69) is 4.72 Å². The molecule has 0 fully saturated rings. The van der Waals surface area contributed by atoms with Crippen LogP contribution in [0.4, 0.5) is 4.39 Å². The molecule has 1 aromatic rings. The number of ketones is 1. The summed E-state index contributed by atoms with van der Waals surface area (Å²) < 4.78 is 40.4. The molecule has 0 aliphatic carbocycles. The molecule has 0 aromatic heterocycles. The summed E-state index contributed by atoms with van der Waals surface area (Å²) in [6, 6.07) is 3.40. The molecule has 1 rings (SSSR count). The van der Waals surface area contributed by atoms with Crippen LogP contribution in [0.25, 0.3) is 0 Å². The predicted octanol–water partition coefficient (Wildman–Crippen LogP) is 2.74. The van der Waals surface area contributed by atoms with Crippen molar-refractivity contribution >= 4 is 15.8 Å². The molecule has 4 nitrogen and oxygen atoms in total. The van der Waals surface area contributed by atoms with Crippen LogP contribution in [0.1, 0.15) is 45.0 Å². The smallest absolute Gasteiger partial charge is 0.243 e. The summed E-state index contributed by atoms with van der Waals surface area (Å²) in [4.78, 5) is 11.4. The van der Waals surface area contributed by atoms with Gasteiger partial charge in [-0.25, -0.2) is 17.5 Å². The third-order valence-electron chi connectivity index (χ3n) is 2.47. The van der Waals surface area contributed by atoms with Gasteiger partial charge in [-0.2, -0.15) is 0 Å². The Labute approximate surface area is 119 Å². The molecule has 0 bridgehead atoms. The zero-order valence-electron chi connectivity index (χ0n) is 12.3. The van der Waals surface area contributed by atoms with E-state index in [1.807, 2.05) is 0 Å². The van der Waals surface area contributed by atoms with Crippen molar-refractivity contribution in [1.29, 1.82) is 0 Å². The highest BCUT2D eigenvalue weighted by molar-refractivity contribution is 7.89. The number of benzene rings is 1. The zero-order chi connectivity index (χ0) is 15.7. The molecule has 1 aromatic carbocycles. The van der Waals surface area contributed by atoms with Crippen molar-refractivity contribution in [2.24, 2.45) is 5.92 Å². The SMILES string of the molecule is CC(C)C(=O)c1ccc(F)c(S(=O)(=O)NC(C)(C)C)c1. The quantitative estimate of drug-likeness (QED) is 0.870. The van der Waals surface area contributed by atoms with E-state index in [9.17, 15) is 17.6 Å². The number of carbonyl (C=O) groups is 1. The molecule has 20 heavy (non-hydrogen) atoms. The molecule has 0 saturated carbocycles. The lowest BCUT2D eigenvalue weighted by molar-refractivity contribution is 0.0939. The monoisotopic (exact) mass is 301 g/mol. The van der Waals surface area contributed by atoms with Crippen LogP contribution in [0.15, 0.2) is 23.1 Å². The van der Waals surface area contributed by atoms with Gasteiger partial charge in [-0.05, 0) is 39.0 Å². The Hall–Kier alpha value is -1.27. The Bertz CT molecular complexity index is 616. The van der Waals surface area contributed by atoms with E-state index in [0.29, 0.717) is 0 Å². The number of Topliss-reactive ketones (excluding diaryl/α,β-unsaturated/α-hetero) is 1. The summed E-state index contributed by atoms with van der Waals surface area (Å²) in [7, 11) is -4.01. The second-order valence-electron chi connectivity index (χ2n) is 6.02. The van der Waals surface area contributed by atoms with Crippen molar-refractivity contribution in [3.8, 4) is 0 Å². The summed E-state index contributed by atoms with van der Waals surface area (Å²) >= 11 is 0. The first-order valence-corrected chi connectivity index (χ1v) is 7.80. The van der Waals surface area contributed by atoms with Crippen LogP contribution < -0.4 is 4.72 Å². The molecule has 1 N–H and O–H groups in total. The van der Waals surface area contributed by atoms with Crippen molar-refractivity contribution in [2.45, 2.75) is 45.1 Å². The third-order valence-corrected chi connectivity index (χ3v) is 4.24. The maximum absolute atomic E-state index is 13.8. The zero-order valence-corrected chi connectivity index (χ0v) is 13.1. The largest absolute Gasteiger partial charge is 0.294 e. The van der Waals surface area contributed by atoms with Crippen molar-refractivity contribution in [1.82, 2.24) is 4.72 Å². The van der Waals surface area contributed by atoms with Gasteiger partial charge in [-0.3, -0.25) is 4.79 Å². The average Bonchev–Trinajstić information content (AvgIpc) is 2.25. The normalized spacial score (nSPS) is 12.8. The van der Waals surface area contributed by atoms with Crippen LogP contribution in [0.2, 0.25) is 0 Å². The molecule has 0 radical (unpaired) electrons. The summed E-state index contributed by atoms with van der Waals surface area (Å²) in [6.07, 6.45) is 0. The van der Waals surface area contributed by atoms with Crippen LogP contribution in [0, 0.1) is 11.7 Å². The lowest BCUT2D eigenvalue weighted by atomic mass is 10.0. The molecular formula is C14H20FNO3S. The molecule has 0 atom stereocenters. The summed E-state index contributed by atoms with van der Waals surface area (Å²) in [5.74, 6) is -1.38. The second kappa shape index (κ2) is 5.61. The van der Waals surface area contributed by atoms with Crippen molar-refractivity contribution in [3.05, 3.63) is 29.6 Å². The summed E-state index contributed by atoms with van der Waals surface area (Å²) in [6.45, 7) is 8.38. The molecular weight excluding hydrogens is 281 g/mol. The number of carbonyl (C=O) groups excluding carboxylic acids is 1. The first-order chi connectivity index (χ1) is 8.94. The second-order valence-corrected chi connectivity index (χ2v) is 7.67. The fourth-order valence-electron chi connectivity index (χ4n) is 1.65. The molecule has 0 unspecified atom stereocenters. The van der Waals surface area contributed by atoms with Crippen LogP contribution in [0.3, 0.4) is 0 Å². The van der Waals surface area contributed by atoms with Crippen LogP contribution in [-0.4, -0.2) is 19.7 Å². The first-order valence-electron chi connectivity index (χ1n) is 6.32. The Morgan fingerprint density at radius 3 is 2.25 bits per heavy atom. The van der Waals surface area contributed by atoms with Gasteiger partial charge in [0.05, 0.1) is 0 Å². The summed E-state index contributed by atoms with van der Waals surface area (Å²) in [5, 5.41) is 0. The Balaban J connectivity index is 3.32. The maximum atomic E-state index is 13.8. The van der Waals surface area contributed by atoms with Crippen molar-refractivity contribution in [2.75, 3.05) is 0 Å². The lowest BCUT2D eigenvalue weighted by Gasteiger charge is -2.20. The molecule has 112 valence electrons. The molecule has 0 amide bonds. The van der Waals surface area contributed by atoms with Gasteiger partial charge in [0.1, 0.15) is 10.7 Å². The van der Waals surface area contributed by atoms with Gasteiger partial charge in [-0.15, -0.1) is 0 Å². The number of hydrogen-bond donors (Lipinski definition) is 1. The third kappa shape index (κ3) is 4.11. The Morgan fingerprint density at radius 1 is 1.25 bits per heavy atom. The number of nitrogens with one attached hydrogen (secondary N) is 1. The van der Waals surface area contributed by atoms with Gasteiger partial charge < -0.3 is 0 Å². The number of sulfonamides is 1. The maximum Gasteiger partial charge on any atom is 0.243 e. The number of rotatable bonds is 4. The number of hydrogen-bond acceptors (Lipinski definition) is 3. The Kier molecular flexibility index (Phi) is 4.71. The molecule has 0 aliphatic rings. The summed E-state index contributed by atoms with van der Waals surface area (Å²) in [5.41, 5.74) is -0.542. The minimum absolute atomic E-state index is 0.190.